The number of hydrogen-bond donors (Lipinski definition) is 2. The third-order valence-corrected chi connectivity index (χ3v) is 2.62. The van der Waals surface area contributed by atoms with Crippen molar-refractivity contribution in [3.8, 4) is 11.5 Å². The van der Waals surface area contributed by atoms with Gasteiger partial charge >= 0.3 is 0 Å². The van der Waals surface area contributed by atoms with Crippen LogP contribution in [-0.4, -0.2) is 11.7 Å². The Morgan fingerprint density at radius 2 is 2.36 bits per heavy atom. The number of nitrogens with two attached hydrogens (primary N) is 1. The van der Waals surface area contributed by atoms with Crippen LogP contribution < -0.4 is 10.5 Å². The molecule has 1 aromatic rings. The van der Waals surface area contributed by atoms with Crippen molar-refractivity contribution in [2.75, 3.05) is 6.61 Å². The van der Waals surface area contributed by atoms with Crippen molar-refractivity contribution in [3.63, 3.8) is 0 Å². The third-order valence-electron chi connectivity index (χ3n) is 2.62. The monoisotopic (exact) mass is 193 g/mol. The Balaban J connectivity index is 2.41. The van der Waals surface area contributed by atoms with E-state index >= 15 is 0 Å². The summed E-state index contributed by atoms with van der Waals surface area (Å²) >= 11 is 0. The molecule has 0 aliphatic heterocycles. The van der Waals surface area contributed by atoms with Crippen molar-refractivity contribution in [3.05, 3.63) is 23.3 Å². The number of rotatable bonds is 2. The van der Waals surface area contributed by atoms with Crippen LogP contribution in [0.25, 0.3) is 0 Å². The zero-order valence-electron chi connectivity index (χ0n) is 8.29. The highest BCUT2D eigenvalue weighted by atomic mass is 16.5. The van der Waals surface area contributed by atoms with Gasteiger partial charge in [-0.1, -0.05) is 0 Å². The summed E-state index contributed by atoms with van der Waals surface area (Å²) in [6, 6.07) is 3.61. The molecule has 76 valence electrons. The molecule has 2 rings (SSSR count). The van der Waals surface area contributed by atoms with Crippen LogP contribution in [0.2, 0.25) is 0 Å². The summed E-state index contributed by atoms with van der Waals surface area (Å²) in [4.78, 5) is 0. The molecule has 0 spiro atoms. The van der Waals surface area contributed by atoms with Crippen LogP contribution in [0.15, 0.2) is 12.1 Å². The van der Waals surface area contributed by atoms with Crippen LogP contribution >= 0.6 is 0 Å². The zero-order valence-corrected chi connectivity index (χ0v) is 8.29. The molecule has 0 radical (unpaired) electrons. The lowest BCUT2D eigenvalue weighted by Gasteiger charge is -2.10. The largest absolute Gasteiger partial charge is 0.507 e. The van der Waals surface area contributed by atoms with Crippen LogP contribution in [0.5, 0.6) is 11.5 Å². The second-order valence-corrected chi connectivity index (χ2v) is 3.59. The minimum Gasteiger partial charge on any atom is -0.507 e. The Labute approximate surface area is 83.5 Å². The Morgan fingerprint density at radius 1 is 1.57 bits per heavy atom. The van der Waals surface area contributed by atoms with Crippen LogP contribution in [-0.2, 0) is 6.42 Å². The van der Waals surface area contributed by atoms with E-state index in [9.17, 15) is 5.11 Å². The Hall–Kier alpha value is -1.22. The van der Waals surface area contributed by atoms with E-state index in [0.29, 0.717) is 6.61 Å². The maximum Gasteiger partial charge on any atom is 0.124 e. The number of aryl methyl sites for hydroxylation is 1. The van der Waals surface area contributed by atoms with Gasteiger partial charge in [0.05, 0.1) is 6.61 Å². The van der Waals surface area contributed by atoms with Gasteiger partial charge in [-0.05, 0) is 31.4 Å². The molecular formula is C11H15NO2. The molecule has 1 aliphatic carbocycles. The van der Waals surface area contributed by atoms with E-state index in [-0.39, 0.29) is 11.8 Å². The van der Waals surface area contributed by atoms with Crippen LogP contribution in [0, 0.1) is 0 Å². The molecule has 0 bridgehead atoms. The Morgan fingerprint density at radius 3 is 3.07 bits per heavy atom. The lowest BCUT2D eigenvalue weighted by molar-refractivity contribution is 0.337. The molecule has 1 atom stereocenters. The van der Waals surface area contributed by atoms with E-state index in [1.54, 1.807) is 6.07 Å². The highest BCUT2D eigenvalue weighted by molar-refractivity contribution is 5.49. The lowest BCUT2D eigenvalue weighted by atomic mass is 10.1. The van der Waals surface area contributed by atoms with Gasteiger partial charge in [-0.3, -0.25) is 0 Å². The van der Waals surface area contributed by atoms with Crippen molar-refractivity contribution in [1.82, 2.24) is 0 Å². The SMILES string of the molecule is CCOc1cc(O)c2c(c1)CCC2N. The van der Waals surface area contributed by atoms with Gasteiger partial charge < -0.3 is 15.6 Å². The van der Waals surface area contributed by atoms with E-state index < -0.39 is 0 Å². The van der Waals surface area contributed by atoms with Gasteiger partial charge in [0.1, 0.15) is 11.5 Å². The lowest BCUT2D eigenvalue weighted by Crippen LogP contribution is -2.05. The molecule has 0 fully saturated rings. The summed E-state index contributed by atoms with van der Waals surface area (Å²) in [7, 11) is 0. The first-order valence-corrected chi connectivity index (χ1v) is 4.96. The molecule has 3 heteroatoms. The molecule has 14 heavy (non-hydrogen) atoms. The maximum atomic E-state index is 9.75. The number of benzene rings is 1. The molecule has 1 aliphatic rings. The summed E-state index contributed by atoms with van der Waals surface area (Å²) in [6.45, 7) is 2.54. The normalized spacial score (nSPS) is 19.4. The zero-order chi connectivity index (χ0) is 10.1. The van der Waals surface area contributed by atoms with E-state index in [2.05, 4.69) is 0 Å². The van der Waals surface area contributed by atoms with Gasteiger partial charge in [-0.2, -0.15) is 0 Å². The molecular weight excluding hydrogens is 178 g/mol. The second-order valence-electron chi connectivity index (χ2n) is 3.59. The standard InChI is InChI=1S/C11H15NO2/c1-2-14-8-5-7-3-4-9(12)11(7)10(13)6-8/h5-6,9,13H,2-4,12H2,1H3. The van der Waals surface area contributed by atoms with Crippen LogP contribution in [0.3, 0.4) is 0 Å². The van der Waals surface area contributed by atoms with E-state index in [1.165, 1.54) is 0 Å². The summed E-state index contributed by atoms with van der Waals surface area (Å²) in [5.41, 5.74) is 7.89. The quantitative estimate of drug-likeness (QED) is 0.752. The van der Waals surface area contributed by atoms with Gasteiger partial charge in [0, 0.05) is 17.7 Å². The molecule has 3 nitrogen and oxygen atoms in total. The molecule has 1 unspecified atom stereocenters. The van der Waals surface area contributed by atoms with E-state index in [1.807, 2.05) is 13.0 Å². The molecule has 1 aromatic carbocycles. The first-order chi connectivity index (χ1) is 6.72. The van der Waals surface area contributed by atoms with Gasteiger partial charge in [0.2, 0.25) is 0 Å². The molecule has 0 aromatic heterocycles. The topological polar surface area (TPSA) is 55.5 Å². The van der Waals surface area contributed by atoms with Crippen molar-refractivity contribution in [2.45, 2.75) is 25.8 Å². The third kappa shape index (κ3) is 1.44. The number of hydrogen-bond acceptors (Lipinski definition) is 3. The summed E-state index contributed by atoms with van der Waals surface area (Å²) < 4.78 is 5.35. The average molecular weight is 193 g/mol. The molecule has 0 saturated carbocycles. The van der Waals surface area contributed by atoms with Gasteiger partial charge in [-0.25, -0.2) is 0 Å². The second kappa shape index (κ2) is 3.50. The number of phenolic OH excluding ortho intramolecular Hbond substituents is 1. The minimum atomic E-state index is -0.0133. The maximum absolute atomic E-state index is 9.75. The Bertz CT molecular complexity index is 349. The fourth-order valence-corrected chi connectivity index (χ4v) is 2.01. The molecule has 0 amide bonds. The number of phenols is 1. The minimum absolute atomic E-state index is 0.0133. The van der Waals surface area contributed by atoms with Crippen molar-refractivity contribution in [1.29, 1.82) is 0 Å². The average Bonchev–Trinajstić information content (AvgIpc) is 2.48. The van der Waals surface area contributed by atoms with Crippen LogP contribution in [0.4, 0.5) is 0 Å². The number of fused-ring (bicyclic) bond motifs is 1. The summed E-state index contributed by atoms with van der Waals surface area (Å²) in [5, 5.41) is 9.75. The highest BCUT2D eigenvalue weighted by Crippen LogP contribution is 2.38. The van der Waals surface area contributed by atoms with Gasteiger partial charge in [0.15, 0.2) is 0 Å². The fraction of sp³-hybridized carbons (Fsp3) is 0.455. The van der Waals surface area contributed by atoms with Crippen molar-refractivity contribution < 1.29 is 9.84 Å². The predicted octanol–water partition coefficient (Wildman–Crippen LogP) is 1.74. The first kappa shape index (κ1) is 9.34. The van der Waals surface area contributed by atoms with Crippen molar-refractivity contribution in [2.24, 2.45) is 5.73 Å². The Kier molecular flexibility index (Phi) is 2.33. The summed E-state index contributed by atoms with van der Waals surface area (Å²) in [6.07, 6.45) is 1.85. The first-order valence-electron chi connectivity index (χ1n) is 4.96. The molecule has 0 heterocycles. The van der Waals surface area contributed by atoms with Crippen LogP contribution in [0.1, 0.15) is 30.5 Å². The summed E-state index contributed by atoms with van der Waals surface area (Å²) in [5.74, 6) is 1.01. The van der Waals surface area contributed by atoms with Gasteiger partial charge in [-0.15, -0.1) is 0 Å². The smallest absolute Gasteiger partial charge is 0.124 e. The van der Waals surface area contributed by atoms with Gasteiger partial charge in [0.25, 0.3) is 0 Å². The predicted molar refractivity (Wildman–Crippen MR) is 54.5 cm³/mol. The highest BCUT2D eigenvalue weighted by Gasteiger charge is 2.23. The fourth-order valence-electron chi connectivity index (χ4n) is 2.01. The van der Waals surface area contributed by atoms with E-state index in [0.717, 1.165) is 29.7 Å². The van der Waals surface area contributed by atoms with E-state index in [4.69, 9.17) is 10.5 Å². The number of ether oxygens (including phenoxy) is 1. The number of aromatic hydroxyl groups is 1. The molecule has 0 saturated heterocycles. The molecule has 3 N–H and O–H groups in total. The van der Waals surface area contributed by atoms with Crippen molar-refractivity contribution >= 4 is 0 Å².